The van der Waals surface area contributed by atoms with Gasteiger partial charge in [0.15, 0.2) is 11.6 Å². The summed E-state index contributed by atoms with van der Waals surface area (Å²) in [6.45, 7) is 5.22. The highest BCUT2D eigenvalue weighted by Gasteiger charge is 2.11. The van der Waals surface area contributed by atoms with E-state index in [-0.39, 0.29) is 11.9 Å². The highest BCUT2D eigenvalue weighted by atomic mass is 19.1. The van der Waals surface area contributed by atoms with E-state index in [0.29, 0.717) is 24.9 Å². The van der Waals surface area contributed by atoms with E-state index in [9.17, 15) is 4.39 Å². The maximum Gasteiger partial charge on any atom is 0.165 e. The quantitative estimate of drug-likeness (QED) is 0.738. The summed E-state index contributed by atoms with van der Waals surface area (Å²) in [7, 11) is 1.63. The van der Waals surface area contributed by atoms with Crippen LogP contribution in [0.2, 0.25) is 0 Å². The van der Waals surface area contributed by atoms with Gasteiger partial charge in [-0.2, -0.15) is 0 Å². The van der Waals surface area contributed by atoms with Crippen molar-refractivity contribution in [3.63, 3.8) is 0 Å². The second-order valence-corrected chi connectivity index (χ2v) is 5.07. The molecule has 4 heteroatoms. The van der Waals surface area contributed by atoms with E-state index in [4.69, 9.17) is 15.2 Å². The normalized spacial score (nSPS) is 12.7. The van der Waals surface area contributed by atoms with E-state index < -0.39 is 0 Å². The van der Waals surface area contributed by atoms with Crippen LogP contribution < -0.4 is 10.5 Å². The Morgan fingerprint density at radius 3 is 2.63 bits per heavy atom. The van der Waals surface area contributed by atoms with Crippen molar-refractivity contribution < 1.29 is 13.9 Å². The standard InChI is InChI=1S/C15H24FNO2/c1-11(2)14(17)9-12-5-6-13(16)15(10-12)19-8-4-7-18-3/h5-6,10-11,14H,4,7-9,17H2,1-3H3/t14-/m0/s1. The minimum atomic E-state index is -0.334. The van der Waals surface area contributed by atoms with Crippen molar-refractivity contribution in [2.24, 2.45) is 11.7 Å². The van der Waals surface area contributed by atoms with Crippen molar-refractivity contribution >= 4 is 0 Å². The van der Waals surface area contributed by atoms with E-state index in [1.54, 1.807) is 19.2 Å². The van der Waals surface area contributed by atoms with Crippen LogP contribution in [0.5, 0.6) is 5.75 Å². The van der Waals surface area contributed by atoms with Gasteiger partial charge in [-0.05, 0) is 30.0 Å². The summed E-state index contributed by atoms with van der Waals surface area (Å²) in [4.78, 5) is 0. The molecule has 1 rings (SSSR count). The molecule has 0 bridgehead atoms. The van der Waals surface area contributed by atoms with Crippen LogP contribution >= 0.6 is 0 Å². The van der Waals surface area contributed by atoms with Gasteiger partial charge in [0.1, 0.15) is 0 Å². The van der Waals surface area contributed by atoms with E-state index in [0.717, 1.165) is 18.4 Å². The van der Waals surface area contributed by atoms with Crippen LogP contribution in [0.1, 0.15) is 25.8 Å². The summed E-state index contributed by atoms with van der Waals surface area (Å²) < 4.78 is 23.9. The first-order valence-electron chi connectivity index (χ1n) is 6.70. The van der Waals surface area contributed by atoms with Crippen molar-refractivity contribution in [1.82, 2.24) is 0 Å². The van der Waals surface area contributed by atoms with Gasteiger partial charge in [-0.3, -0.25) is 0 Å². The molecule has 0 unspecified atom stereocenters. The first-order valence-corrected chi connectivity index (χ1v) is 6.70. The van der Waals surface area contributed by atoms with Crippen LogP contribution in [0.15, 0.2) is 18.2 Å². The fraction of sp³-hybridized carbons (Fsp3) is 0.600. The molecule has 3 nitrogen and oxygen atoms in total. The second-order valence-electron chi connectivity index (χ2n) is 5.07. The van der Waals surface area contributed by atoms with E-state index in [1.807, 2.05) is 0 Å². The summed E-state index contributed by atoms with van der Waals surface area (Å²) in [5.41, 5.74) is 7.03. The predicted molar refractivity (Wildman–Crippen MR) is 74.9 cm³/mol. The van der Waals surface area contributed by atoms with Gasteiger partial charge in [-0.1, -0.05) is 19.9 Å². The first kappa shape index (κ1) is 15.9. The van der Waals surface area contributed by atoms with Gasteiger partial charge in [0.25, 0.3) is 0 Å². The molecule has 1 atom stereocenters. The lowest BCUT2D eigenvalue weighted by atomic mass is 9.97. The Hall–Kier alpha value is -1.13. The molecule has 108 valence electrons. The highest BCUT2D eigenvalue weighted by molar-refractivity contribution is 5.30. The molecule has 0 fully saturated rings. The number of nitrogens with two attached hydrogens (primary N) is 1. The fourth-order valence-corrected chi connectivity index (χ4v) is 1.68. The topological polar surface area (TPSA) is 44.5 Å². The molecular formula is C15H24FNO2. The Labute approximate surface area is 114 Å². The lowest BCUT2D eigenvalue weighted by Gasteiger charge is -2.16. The highest BCUT2D eigenvalue weighted by Crippen LogP contribution is 2.20. The molecule has 0 aliphatic carbocycles. The van der Waals surface area contributed by atoms with Crippen molar-refractivity contribution in [2.75, 3.05) is 20.3 Å². The van der Waals surface area contributed by atoms with Crippen LogP contribution in [0.4, 0.5) is 4.39 Å². The first-order chi connectivity index (χ1) is 9.04. The van der Waals surface area contributed by atoms with E-state index in [2.05, 4.69) is 13.8 Å². The van der Waals surface area contributed by atoms with E-state index in [1.165, 1.54) is 6.07 Å². The van der Waals surface area contributed by atoms with Gasteiger partial charge < -0.3 is 15.2 Å². The summed E-state index contributed by atoms with van der Waals surface area (Å²) in [5, 5.41) is 0. The molecule has 2 N–H and O–H groups in total. The van der Waals surface area contributed by atoms with Crippen LogP contribution in [0, 0.1) is 11.7 Å². The Balaban J connectivity index is 2.60. The molecule has 0 heterocycles. The number of ether oxygens (including phenoxy) is 2. The molecule has 0 spiro atoms. The van der Waals surface area contributed by atoms with Crippen LogP contribution in [-0.4, -0.2) is 26.4 Å². The van der Waals surface area contributed by atoms with Gasteiger partial charge in [0.2, 0.25) is 0 Å². The molecular weight excluding hydrogens is 245 g/mol. The monoisotopic (exact) mass is 269 g/mol. The van der Waals surface area contributed by atoms with Crippen molar-refractivity contribution in [3.05, 3.63) is 29.6 Å². The molecule has 0 aliphatic heterocycles. The lowest BCUT2D eigenvalue weighted by Crippen LogP contribution is -2.28. The molecule has 0 aromatic heterocycles. The van der Waals surface area contributed by atoms with Crippen LogP contribution in [0.25, 0.3) is 0 Å². The summed E-state index contributed by atoms with van der Waals surface area (Å²) in [6, 6.07) is 5.02. The number of methoxy groups -OCH3 is 1. The van der Waals surface area contributed by atoms with Crippen LogP contribution in [-0.2, 0) is 11.2 Å². The van der Waals surface area contributed by atoms with Gasteiger partial charge in [-0.15, -0.1) is 0 Å². The molecule has 1 aromatic rings. The average molecular weight is 269 g/mol. The fourth-order valence-electron chi connectivity index (χ4n) is 1.68. The SMILES string of the molecule is COCCCOc1cc(C[C@H](N)C(C)C)ccc1F. The molecule has 19 heavy (non-hydrogen) atoms. The molecule has 0 saturated heterocycles. The summed E-state index contributed by atoms with van der Waals surface area (Å²) in [5.74, 6) is 0.361. The van der Waals surface area contributed by atoms with Crippen molar-refractivity contribution in [3.8, 4) is 5.75 Å². The number of rotatable bonds is 8. The summed E-state index contributed by atoms with van der Waals surface area (Å²) >= 11 is 0. The van der Waals surface area contributed by atoms with Gasteiger partial charge >= 0.3 is 0 Å². The number of halogens is 1. The summed E-state index contributed by atoms with van der Waals surface area (Å²) in [6.07, 6.45) is 1.47. The second kappa shape index (κ2) is 8.12. The third-order valence-corrected chi connectivity index (χ3v) is 3.07. The molecule has 0 aliphatic rings. The minimum absolute atomic E-state index is 0.0757. The number of hydrogen-bond donors (Lipinski definition) is 1. The van der Waals surface area contributed by atoms with E-state index >= 15 is 0 Å². The number of benzene rings is 1. The van der Waals surface area contributed by atoms with Crippen molar-refractivity contribution in [2.45, 2.75) is 32.7 Å². The number of hydrogen-bond acceptors (Lipinski definition) is 3. The zero-order valence-electron chi connectivity index (χ0n) is 12.0. The Morgan fingerprint density at radius 1 is 1.26 bits per heavy atom. The van der Waals surface area contributed by atoms with Crippen molar-refractivity contribution in [1.29, 1.82) is 0 Å². The van der Waals surface area contributed by atoms with Gasteiger partial charge in [0.05, 0.1) is 6.61 Å². The molecule has 1 aromatic carbocycles. The molecule has 0 radical (unpaired) electrons. The maximum absolute atomic E-state index is 13.6. The zero-order valence-corrected chi connectivity index (χ0v) is 12.0. The lowest BCUT2D eigenvalue weighted by molar-refractivity contribution is 0.170. The minimum Gasteiger partial charge on any atom is -0.490 e. The maximum atomic E-state index is 13.6. The van der Waals surface area contributed by atoms with Gasteiger partial charge in [-0.25, -0.2) is 4.39 Å². The molecule has 0 saturated carbocycles. The zero-order chi connectivity index (χ0) is 14.3. The largest absolute Gasteiger partial charge is 0.490 e. The van der Waals surface area contributed by atoms with Gasteiger partial charge in [0, 0.05) is 26.2 Å². The smallest absolute Gasteiger partial charge is 0.165 e. The Bertz CT molecular complexity index is 382. The third kappa shape index (κ3) is 5.57. The van der Waals surface area contributed by atoms with Crippen LogP contribution in [0.3, 0.4) is 0 Å². The Kier molecular flexibility index (Phi) is 6.81. The Morgan fingerprint density at radius 2 is 2.00 bits per heavy atom. The molecule has 0 amide bonds. The average Bonchev–Trinajstić information content (AvgIpc) is 2.38. The predicted octanol–water partition coefficient (Wildman–Crippen LogP) is 2.77. The third-order valence-electron chi connectivity index (χ3n) is 3.07.